The number of methoxy groups -OCH3 is 1. The van der Waals surface area contributed by atoms with E-state index in [1.807, 2.05) is 18.2 Å². The summed E-state index contributed by atoms with van der Waals surface area (Å²) in [4.78, 5) is 22.4. The molecule has 5 heteroatoms. The number of carbonyl (C=O) groups excluding carboxylic acids is 2. The van der Waals surface area contributed by atoms with Gasteiger partial charge in [-0.1, -0.05) is 30.3 Å². The molecule has 1 aromatic rings. The van der Waals surface area contributed by atoms with Crippen LogP contribution in [0.2, 0.25) is 0 Å². The van der Waals surface area contributed by atoms with E-state index in [0.29, 0.717) is 0 Å². The molecule has 0 heterocycles. The lowest BCUT2D eigenvalue weighted by Crippen LogP contribution is -2.29. The van der Waals surface area contributed by atoms with E-state index in [0.717, 1.165) is 5.56 Å². The Kier molecular flexibility index (Phi) is 5.49. The summed E-state index contributed by atoms with van der Waals surface area (Å²) in [6.45, 7) is 0.224. The van der Waals surface area contributed by atoms with Crippen molar-refractivity contribution in [2.24, 2.45) is 0 Å². The number of hydrogen-bond donors (Lipinski definition) is 1. The standard InChI is InChI=1S/C12H14ClNO3/c1-17-10(15)7-8-14-12(16)11(13)9-5-3-2-4-6-9/h2-6,11H,7-8H2,1H3,(H,14,16). The SMILES string of the molecule is COC(=O)CCNC(=O)C(Cl)c1ccccc1. The van der Waals surface area contributed by atoms with E-state index >= 15 is 0 Å². The minimum absolute atomic E-state index is 0.140. The van der Waals surface area contributed by atoms with Gasteiger partial charge >= 0.3 is 5.97 Å². The van der Waals surface area contributed by atoms with Gasteiger partial charge < -0.3 is 10.1 Å². The molecule has 0 aliphatic carbocycles. The summed E-state index contributed by atoms with van der Waals surface area (Å²) < 4.78 is 4.45. The molecule has 0 bridgehead atoms. The molecular formula is C12H14ClNO3. The first-order chi connectivity index (χ1) is 8.15. The maximum Gasteiger partial charge on any atom is 0.307 e. The van der Waals surface area contributed by atoms with Gasteiger partial charge in [-0.3, -0.25) is 9.59 Å². The predicted octanol–water partition coefficient (Wildman–Crippen LogP) is 1.65. The fraction of sp³-hybridized carbons (Fsp3) is 0.333. The first kappa shape index (κ1) is 13.5. The molecule has 1 unspecified atom stereocenters. The highest BCUT2D eigenvalue weighted by atomic mass is 35.5. The number of ether oxygens (including phenoxy) is 1. The summed E-state index contributed by atoms with van der Waals surface area (Å²) in [7, 11) is 1.30. The largest absolute Gasteiger partial charge is 0.469 e. The summed E-state index contributed by atoms with van der Waals surface area (Å²) in [5.74, 6) is -0.682. The van der Waals surface area contributed by atoms with Crippen molar-refractivity contribution in [1.29, 1.82) is 0 Å². The highest BCUT2D eigenvalue weighted by Gasteiger charge is 2.16. The van der Waals surface area contributed by atoms with Crippen LogP contribution in [-0.4, -0.2) is 25.5 Å². The number of carbonyl (C=O) groups is 2. The molecule has 4 nitrogen and oxygen atoms in total. The van der Waals surface area contributed by atoms with Crippen LogP contribution in [0.5, 0.6) is 0 Å². The number of esters is 1. The lowest BCUT2D eigenvalue weighted by Gasteiger charge is -2.10. The smallest absolute Gasteiger partial charge is 0.307 e. The summed E-state index contributed by atoms with van der Waals surface area (Å²) in [6, 6.07) is 9.02. The second-order valence-corrected chi connectivity index (χ2v) is 3.83. The lowest BCUT2D eigenvalue weighted by atomic mass is 10.1. The van der Waals surface area contributed by atoms with E-state index in [9.17, 15) is 9.59 Å². The van der Waals surface area contributed by atoms with E-state index in [2.05, 4.69) is 10.1 Å². The first-order valence-corrected chi connectivity index (χ1v) is 5.62. The Balaban J connectivity index is 2.40. The topological polar surface area (TPSA) is 55.4 Å². The minimum Gasteiger partial charge on any atom is -0.469 e. The van der Waals surface area contributed by atoms with Crippen molar-refractivity contribution in [3.8, 4) is 0 Å². The molecule has 0 aromatic heterocycles. The monoisotopic (exact) mass is 255 g/mol. The molecule has 0 aliphatic heterocycles. The zero-order valence-corrected chi connectivity index (χ0v) is 10.2. The molecule has 0 saturated heterocycles. The van der Waals surface area contributed by atoms with Crippen molar-refractivity contribution in [1.82, 2.24) is 5.32 Å². The Morgan fingerprint density at radius 2 is 2.00 bits per heavy atom. The van der Waals surface area contributed by atoms with Crippen LogP contribution in [0.25, 0.3) is 0 Å². The van der Waals surface area contributed by atoms with Crippen molar-refractivity contribution in [2.45, 2.75) is 11.8 Å². The van der Waals surface area contributed by atoms with Crippen LogP contribution in [0, 0.1) is 0 Å². The maximum absolute atomic E-state index is 11.6. The molecule has 0 saturated carbocycles. The van der Waals surface area contributed by atoms with Crippen molar-refractivity contribution in [2.75, 3.05) is 13.7 Å². The van der Waals surface area contributed by atoms with E-state index in [1.54, 1.807) is 12.1 Å². The Morgan fingerprint density at radius 3 is 2.59 bits per heavy atom. The molecule has 92 valence electrons. The molecular weight excluding hydrogens is 242 g/mol. The summed E-state index contributed by atoms with van der Waals surface area (Å²) >= 11 is 5.98. The van der Waals surface area contributed by atoms with Crippen molar-refractivity contribution >= 4 is 23.5 Å². The van der Waals surface area contributed by atoms with Crippen LogP contribution >= 0.6 is 11.6 Å². The number of amides is 1. The lowest BCUT2D eigenvalue weighted by molar-refractivity contribution is -0.140. The third-order valence-electron chi connectivity index (χ3n) is 2.18. The van der Waals surface area contributed by atoms with Crippen LogP contribution in [0.1, 0.15) is 17.4 Å². The van der Waals surface area contributed by atoms with Gasteiger partial charge in [-0.05, 0) is 5.56 Å². The fourth-order valence-corrected chi connectivity index (χ4v) is 1.48. The van der Waals surface area contributed by atoms with Gasteiger partial charge in [0.2, 0.25) is 5.91 Å². The summed E-state index contributed by atoms with van der Waals surface area (Å²) in [5, 5.41) is 1.83. The number of hydrogen-bond acceptors (Lipinski definition) is 3. The molecule has 0 aliphatic rings. The highest BCUT2D eigenvalue weighted by Crippen LogP contribution is 2.19. The molecule has 1 rings (SSSR count). The Morgan fingerprint density at radius 1 is 1.35 bits per heavy atom. The number of rotatable bonds is 5. The molecule has 1 atom stereocenters. The van der Waals surface area contributed by atoms with E-state index in [4.69, 9.17) is 11.6 Å². The molecule has 0 fully saturated rings. The predicted molar refractivity (Wildman–Crippen MR) is 64.7 cm³/mol. The highest BCUT2D eigenvalue weighted by molar-refractivity contribution is 6.30. The second-order valence-electron chi connectivity index (χ2n) is 3.39. The van der Waals surface area contributed by atoms with Gasteiger partial charge in [0.15, 0.2) is 0 Å². The van der Waals surface area contributed by atoms with Gasteiger partial charge in [0.1, 0.15) is 5.38 Å². The Bertz CT molecular complexity index is 381. The van der Waals surface area contributed by atoms with Gasteiger partial charge in [-0.25, -0.2) is 0 Å². The van der Waals surface area contributed by atoms with Crippen LogP contribution in [0.4, 0.5) is 0 Å². The molecule has 0 spiro atoms. The summed E-state index contributed by atoms with van der Waals surface area (Å²) in [5.41, 5.74) is 0.727. The van der Waals surface area contributed by atoms with Crippen molar-refractivity contribution in [3.63, 3.8) is 0 Å². The third kappa shape index (κ3) is 4.44. The quantitative estimate of drug-likeness (QED) is 0.643. The van der Waals surface area contributed by atoms with Gasteiger partial charge in [-0.2, -0.15) is 0 Å². The first-order valence-electron chi connectivity index (χ1n) is 5.18. The number of nitrogens with one attached hydrogen (secondary N) is 1. The molecule has 1 amide bonds. The minimum atomic E-state index is -0.742. The van der Waals surface area contributed by atoms with Gasteiger partial charge in [0.25, 0.3) is 0 Å². The molecule has 17 heavy (non-hydrogen) atoms. The summed E-state index contributed by atoms with van der Waals surface area (Å²) in [6.07, 6.45) is 0.140. The maximum atomic E-state index is 11.6. The second kappa shape index (κ2) is 6.91. The number of alkyl halides is 1. The number of halogens is 1. The van der Waals surface area contributed by atoms with E-state index < -0.39 is 5.38 Å². The van der Waals surface area contributed by atoms with Crippen LogP contribution in [0.3, 0.4) is 0 Å². The van der Waals surface area contributed by atoms with Crippen molar-refractivity contribution in [3.05, 3.63) is 35.9 Å². The molecule has 1 N–H and O–H groups in total. The zero-order valence-electron chi connectivity index (χ0n) is 9.48. The van der Waals surface area contributed by atoms with Crippen molar-refractivity contribution < 1.29 is 14.3 Å². The average Bonchev–Trinajstić information content (AvgIpc) is 2.38. The van der Waals surface area contributed by atoms with Crippen LogP contribution in [-0.2, 0) is 14.3 Å². The van der Waals surface area contributed by atoms with Gasteiger partial charge in [-0.15, -0.1) is 11.6 Å². The Hall–Kier alpha value is -1.55. The Labute approximate surface area is 105 Å². The molecule has 0 radical (unpaired) electrons. The van der Waals surface area contributed by atoms with Crippen LogP contribution in [0.15, 0.2) is 30.3 Å². The average molecular weight is 256 g/mol. The zero-order chi connectivity index (χ0) is 12.7. The fourth-order valence-electron chi connectivity index (χ4n) is 1.25. The number of benzene rings is 1. The van der Waals surface area contributed by atoms with E-state index in [-0.39, 0.29) is 24.8 Å². The normalized spacial score (nSPS) is 11.6. The van der Waals surface area contributed by atoms with E-state index in [1.165, 1.54) is 7.11 Å². The van der Waals surface area contributed by atoms with Gasteiger partial charge in [0.05, 0.1) is 13.5 Å². The third-order valence-corrected chi connectivity index (χ3v) is 2.63. The van der Waals surface area contributed by atoms with Gasteiger partial charge in [0, 0.05) is 6.54 Å². The van der Waals surface area contributed by atoms with Crippen LogP contribution < -0.4 is 5.32 Å². The molecule has 1 aromatic carbocycles.